The predicted molar refractivity (Wildman–Crippen MR) is 114 cm³/mol. The molecule has 1 saturated heterocycles. The molecule has 8 nitrogen and oxygen atoms in total. The van der Waals surface area contributed by atoms with Crippen LogP contribution in [-0.2, 0) is 7.05 Å². The van der Waals surface area contributed by atoms with Gasteiger partial charge in [0.05, 0.1) is 19.9 Å². The average Bonchev–Trinajstić information content (AvgIpc) is 3.40. The van der Waals surface area contributed by atoms with E-state index in [9.17, 15) is 4.79 Å². The Morgan fingerprint density at radius 1 is 1.17 bits per heavy atom. The fourth-order valence-corrected chi connectivity index (χ4v) is 3.71. The number of rotatable bonds is 6. The van der Waals surface area contributed by atoms with Gasteiger partial charge in [0.15, 0.2) is 0 Å². The summed E-state index contributed by atoms with van der Waals surface area (Å²) in [4.78, 5) is 19.5. The predicted octanol–water partition coefficient (Wildman–Crippen LogP) is 2.51. The van der Waals surface area contributed by atoms with Gasteiger partial charge in [0.1, 0.15) is 23.0 Å². The summed E-state index contributed by atoms with van der Waals surface area (Å²) >= 11 is 0. The minimum atomic E-state index is -0.147. The third kappa shape index (κ3) is 3.94. The molecule has 0 aliphatic carbocycles. The van der Waals surface area contributed by atoms with Crippen LogP contribution in [0, 0.1) is 0 Å². The molecule has 8 heteroatoms. The molecule has 2 aromatic heterocycles. The molecule has 4 rings (SSSR count). The Hall–Kier alpha value is -3.55. The molecule has 0 saturated carbocycles. The van der Waals surface area contributed by atoms with Crippen molar-refractivity contribution in [2.75, 3.05) is 32.2 Å². The highest BCUT2D eigenvalue weighted by Gasteiger charge is 2.26. The van der Waals surface area contributed by atoms with E-state index in [1.807, 2.05) is 36.4 Å². The lowest BCUT2D eigenvalue weighted by Crippen LogP contribution is -2.38. The summed E-state index contributed by atoms with van der Waals surface area (Å²) in [7, 11) is 4.98. The van der Waals surface area contributed by atoms with E-state index in [4.69, 9.17) is 9.47 Å². The summed E-state index contributed by atoms with van der Waals surface area (Å²) in [5, 5.41) is 7.65. The van der Waals surface area contributed by atoms with Crippen LogP contribution in [-0.4, -0.2) is 54.0 Å². The summed E-state index contributed by atoms with van der Waals surface area (Å²) in [6.45, 7) is 1.59. The first kappa shape index (κ1) is 19.8. The molecule has 1 atom stereocenters. The molecule has 1 aliphatic rings. The molecule has 0 radical (unpaired) electrons. The third-order valence-corrected chi connectivity index (χ3v) is 5.29. The van der Waals surface area contributed by atoms with Gasteiger partial charge in [-0.25, -0.2) is 4.98 Å². The van der Waals surface area contributed by atoms with Crippen LogP contribution in [0.25, 0.3) is 11.3 Å². The Kier molecular flexibility index (Phi) is 5.56. The van der Waals surface area contributed by atoms with Gasteiger partial charge in [-0.2, -0.15) is 5.10 Å². The van der Waals surface area contributed by atoms with Crippen molar-refractivity contribution in [1.82, 2.24) is 20.1 Å². The first-order chi connectivity index (χ1) is 14.6. The summed E-state index contributed by atoms with van der Waals surface area (Å²) in [6.07, 6.45) is 2.65. The maximum absolute atomic E-state index is 12.9. The number of nitrogens with zero attached hydrogens (tertiary/aromatic N) is 4. The Balaban J connectivity index is 1.49. The van der Waals surface area contributed by atoms with Crippen LogP contribution in [0.4, 0.5) is 5.82 Å². The zero-order chi connectivity index (χ0) is 21.1. The first-order valence-corrected chi connectivity index (χ1v) is 9.82. The van der Waals surface area contributed by atoms with Crippen LogP contribution in [0.5, 0.6) is 11.5 Å². The van der Waals surface area contributed by atoms with Crippen molar-refractivity contribution in [2.24, 2.45) is 7.05 Å². The standard InChI is InChI=1S/C22H25N5O3/c1-26-19(13-18(25-26)17-12-16(29-2)7-8-20(17)30-3)22(28)24-15-9-11-27(14-15)21-6-4-5-10-23-21/h4-8,10,12-13,15H,9,11,14H2,1-3H3,(H,24,28). The maximum Gasteiger partial charge on any atom is 0.269 e. The highest BCUT2D eigenvalue weighted by atomic mass is 16.5. The number of anilines is 1. The lowest BCUT2D eigenvalue weighted by molar-refractivity contribution is 0.0931. The number of nitrogens with one attached hydrogen (secondary N) is 1. The summed E-state index contributed by atoms with van der Waals surface area (Å²) in [5.74, 6) is 2.15. The lowest BCUT2D eigenvalue weighted by atomic mass is 10.1. The fraction of sp³-hybridized carbons (Fsp3) is 0.318. The Labute approximate surface area is 175 Å². The number of hydrogen-bond donors (Lipinski definition) is 1. The van der Waals surface area contributed by atoms with E-state index in [2.05, 4.69) is 20.3 Å². The van der Waals surface area contributed by atoms with E-state index in [1.54, 1.807) is 38.2 Å². The van der Waals surface area contributed by atoms with Crippen LogP contribution in [0.1, 0.15) is 16.9 Å². The fourth-order valence-electron chi connectivity index (χ4n) is 3.71. The molecule has 1 unspecified atom stereocenters. The molecule has 1 fully saturated rings. The molecule has 1 aromatic carbocycles. The van der Waals surface area contributed by atoms with E-state index in [0.29, 0.717) is 22.9 Å². The molecule has 1 N–H and O–H groups in total. The second kappa shape index (κ2) is 8.44. The van der Waals surface area contributed by atoms with Gasteiger partial charge in [0.25, 0.3) is 5.91 Å². The Morgan fingerprint density at radius 3 is 2.77 bits per heavy atom. The van der Waals surface area contributed by atoms with E-state index < -0.39 is 0 Å². The molecule has 3 heterocycles. The number of aromatic nitrogens is 3. The van der Waals surface area contributed by atoms with Gasteiger partial charge >= 0.3 is 0 Å². The number of amides is 1. The second-order valence-corrected chi connectivity index (χ2v) is 7.20. The topological polar surface area (TPSA) is 81.5 Å². The van der Waals surface area contributed by atoms with E-state index in [-0.39, 0.29) is 11.9 Å². The number of ether oxygens (including phenoxy) is 2. The smallest absolute Gasteiger partial charge is 0.269 e. The molecule has 1 aliphatic heterocycles. The normalized spacial score (nSPS) is 15.8. The monoisotopic (exact) mass is 407 g/mol. The highest BCUT2D eigenvalue weighted by Crippen LogP contribution is 2.33. The molecule has 0 bridgehead atoms. The molecule has 1 amide bonds. The van der Waals surface area contributed by atoms with Gasteiger partial charge in [-0.15, -0.1) is 0 Å². The van der Waals surface area contributed by atoms with Crippen molar-refractivity contribution in [2.45, 2.75) is 12.5 Å². The van der Waals surface area contributed by atoms with Gasteiger partial charge in [0, 0.05) is 37.9 Å². The number of carbonyl (C=O) groups is 1. The van der Waals surface area contributed by atoms with Crippen LogP contribution in [0.15, 0.2) is 48.7 Å². The van der Waals surface area contributed by atoms with Crippen LogP contribution in [0.2, 0.25) is 0 Å². The summed E-state index contributed by atoms with van der Waals surface area (Å²) in [5.41, 5.74) is 1.92. The van der Waals surface area contributed by atoms with Crippen molar-refractivity contribution >= 4 is 11.7 Å². The Morgan fingerprint density at radius 2 is 2.03 bits per heavy atom. The van der Waals surface area contributed by atoms with Crippen molar-refractivity contribution in [3.8, 4) is 22.8 Å². The van der Waals surface area contributed by atoms with Gasteiger partial charge in [-0.05, 0) is 42.8 Å². The minimum Gasteiger partial charge on any atom is -0.497 e. The van der Waals surface area contributed by atoms with Gasteiger partial charge in [-0.1, -0.05) is 6.07 Å². The number of aryl methyl sites for hydroxylation is 1. The van der Waals surface area contributed by atoms with Crippen LogP contribution in [0.3, 0.4) is 0 Å². The Bertz CT molecular complexity index is 1030. The highest BCUT2D eigenvalue weighted by molar-refractivity contribution is 5.94. The zero-order valence-corrected chi connectivity index (χ0v) is 17.3. The molecule has 30 heavy (non-hydrogen) atoms. The molecule has 0 spiro atoms. The third-order valence-electron chi connectivity index (χ3n) is 5.29. The van der Waals surface area contributed by atoms with Crippen LogP contribution < -0.4 is 19.7 Å². The van der Waals surface area contributed by atoms with E-state index in [1.165, 1.54) is 0 Å². The molecular formula is C22H25N5O3. The number of pyridine rings is 1. The lowest BCUT2D eigenvalue weighted by Gasteiger charge is -2.17. The summed E-state index contributed by atoms with van der Waals surface area (Å²) in [6, 6.07) is 13.2. The first-order valence-electron chi connectivity index (χ1n) is 9.82. The SMILES string of the molecule is COc1ccc(OC)c(-c2cc(C(=O)NC3CCN(c4ccccn4)C3)n(C)n2)c1. The quantitative estimate of drug-likeness (QED) is 0.676. The minimum absolute atomic E-state index is 0.0595. The van der Waals surface area contributed by atoms with Crippen molar-refractivity contribution < 1.29 is 14.3 Å². The van der Waals surface area contributed by atoms with Crippen molar-refractivity contribution in [3.63, 3.8) is 0 Å². The molecule has 156 valence electrons. The number of carbonyl (C=O) groups excluding carboxylic acids is 1. The maximum atomic E-state index is 12.9. The van der Waals surface area contributed by atoms with E-state index >= 15 is 0 Å². The largest absolute Gasteiger partial charge is 0.497 e. The van der Waals surface area contributed by atoms with Crippen molar-refractivity contribution in [1.29, 1.82) is 0 Å². The zero-order valence-electron chi connectivity index (χ0n) is 17.3. The van der Waals surface area contributed by atoms with Gasteiger partial charge in [0.2, 0.25) is 0 Å². The summed E-state index contributed by atoms with van der Waals surface area (Å²) < 4.78 is 12.4. The van der Waals surface area contributed by atoms with Gasteiger partial charge in [-0.3, -0.25) is 9.48 Å². The number of benzene rings is 1. The number of hydrogen-bond acceptors (Lipinski definition) is 6. The van der Waals surface area contributed by atoms with E-state index in [0.717, 1.165) is 30.9 Å². The average molecular weight is 407 g/mol. The van der Waals surface area contributed by atoms with Crippen LogP contribution >= 0.6 is 0 Å². The van der Waals surface area contributed by atoms with Crippen molar-refractivity contribution in [3.05, 3.63) is 54.4 Å². The molecular weight excluding hydrogens is 382 g/mol. The number of methoxy groups -OCH3 is 2. The second-order valence-electron chi connectivity index (χ2n) is 7.20. The van der Waals surface area contributed by atoms with Gasteiger partial charge < -0.3 is 19.7 Å². The molecule has 3 aromatic rings.